The van der Waals surface area contributed by atoms with Gasteiger partial charge in [-0.15, -0.1) is 0 Å². The van der Waals surface area contributed by atoms with Gasteiger partial charge in [0.15, 0.2) is 6.04 Å². The van der Waals surface area contributed by atoms with Crippen molar-refractivity contribution >= 4 is 12.1 Å². The van der Waals surface area contributed by atoms with E-state index in [0.29, 0.717) is 6.42 Å². The highest BCUT2D eigenvalue weighted by Crippen LogP contribution is 2.21. The van der Waals surface area contributed by atoms with Crippen LogP contribution in [-0.4, -0.2) is 28.9 Å². The Kier molecular flexibility index (Phi) is 5.76. The fraction of sp³-hybridized carbons (Fsp3) is 0.385. The number of hydrogen-bond donors (Lipinski definition) is 3. The number of aromatic hydroxyl groups is 1. The quantitative estimate of drug-likeness (QED) is 0.696. The fourth-order valence-electron chi connectivity index (χ4n) is 1.49. The summed E-state index contributed by atoms with van der Waals surface area (Å²) in [5.41, 5.74) is -0.261. The maximum absolute atomic E-state index is 13.6. The van der Waals surface area contributed by atoms with E-state index in [1.807, 2.05) is 6.92 Å². The van der Waals surface area contributed by atoms with Gasteiger partial charge in [-0.1, -0.05) is 13.3 Å². The van der Waals surface area contributed by atoms with E-state index in [-0.39, 0.29) is 17.9 Å². The van der Waals surface area contributed by atoms with Crippen LogP contribution >= 0.6 is 0 Å². The molecule has 0 fully saturated rings. The summed E-state index contributed by atoms with van der Waals surface area (Å²) in [5.74, 6) is -2.69. The molecule has 6 nitrogen and oxygen atoms in total. The Hall–Kier alpha value is -2.31. The second-order valence-corrected chi connectivity index (χ2v) is 4.11. The third-order valence-electron chi connectivity index (χ3n) is 2.54. The number of rotatable bonds is 6. The average Bonchev–Trinajstić information content (AvgIpc) is 2.37. The number of hydrogen-bond acceptors (Lipinski definition) is 4. The Bertz CT molecular complexity index is 492. The zero-order valence-corrected chi connectivity index (χ0v) is 10.9. The summed E-state index contributed by atoms with van der Waals surface area (Å²) in [7, 11) is 0. The monoisotopic (exact) mass is 285 g/mol. The SMILES string of the molecule is CCCCOC(=O)NC(C(=O)O)c1ccc(O)cc1F. The van der Waals surface area contributed by atoms with Crippen molar-refractivity contribution in [3.8, 4) is 5.75 Å². The molecular formula is C13H16FNO5. The van der Waals surface area contributed by atoms with Crippen molar-refractivity contribution in [3.63, 3.8) is 0 Å². The lowest BCUT2D eigenvalue weighted by Gasteiger charge is -2.15. The lowest BCUT2D eigenvalue weighted by atomic mass is 10.1. The maximum Gasteiger partial charge on any atom is 0.408 e. The van der Waals surface area contributed by atoms with Gasteiger partial charge in [-0.3, -0.25) is 0 Å². The minimum absolute atomic E-state index is 0.159. The van der Waals surface area contributed by atoms with Gasteiger partial charge in [-0.25, -0.2) is 14.0 Å². The molecule has 1 aromatic carbocycles. The van der Waals surface area contributed by atoms with Gasteiger partial charge in [-0.2, -0.15) is 0 Å². The van der Waals surface area contributed by atoms with E-state index in [9.17, 15) is 14.0 Å². The van der Waals surface area contributed by atoms with Gasteiger partial charge in [0.25, 0.3) is 0 Å². The fourth-order valence-corrected chi connectivity index (χ4v) is 1.49. The molecule has 1 unspecified atom stereocenters. The molecule has 1 atom stereocenters. The standard InChI is InChI=1S/C13H16FNO5/c1-2-3-6-20-13(19)15-11(12(17)18)9-5-4-8(16)7-10(9)14/h4-5,7,11,16H,2-3,6H2,1H3,(H,15,19)(H,17,18). The Morgan fingerprint density at radius 2 is 2.15 bits per heavy atom. The molecule has 1 aromatic rings. The number of nitrogens with one attached hydrogen (secondary N) is 1. The molecule has 0 aromatic heterocycles. The molecule has 7 heteroatoms. The van der Waals surface area contributed by atoms with Crippen molar-refractivity contribution in [2.24, 2.45) is 0 Å². The molecule has 1 amide bonds. The molecule has 0 radical (unpaired) electrons. The minimum atomic E-state index is -1.58. The molecule has 0 saturated carbocycles. The van der Waals surface area contributed by atoms with Crippen molar-refractivity contribution in [1.29, 1.82) is 0 Å². The van der Waals surface area contributed by atoms with Crippen LogP contribution in [0.1, 0.15) is 31.4 Å². The number of halogens is 1. The van der Waals surface area contributed by atoms with Crippen molar-refractivity contribution < 1.29 is 28.9 Å². The number of amides is 1. The summed E-state index contributed by atoms with van der Waals surface area (Å²) in [4.78, 5) is 22.5. The Labute approximate surface area is 115 Å². The first-order valence-electron chi connectivity index (χ1n) is 6.10. The maximum atomic E-state index is 13.6. The second-order valence-electron chi connectivity index (χ2n) is 4.11. The third kappa shape index (κ3) is 4.42. The van der Waals surface area contributed by atoms with Crippen LogP contribution in [0.2, 0.25) is 0 Å². The van der Waals surface area contributed by atoms with Crippen molar-refractivity contribution in [2.75, 3.05) is 6.61 Å². The van der Waals surface area contributed by atoms with Crippen LogP contribution in [0.15, 0.2) is 18.2 Å². The molecular weight excluding hydrogens is 269 g/mol. The van der Waals surface area contributed by atoms with Crippen LogP contribution in [0.4, 0.5) is 9.18 Å². The number of carbonyl (C=O) groups is 2. The number of aliphatic carboxylic acids is 1. The van der Waals surface area contributed by atoms with Gasteiger partial charge < -0.3 is 20.3 Å². The number of ether oxygens (including phenoxy) is 1. The highest BCUT2D eigenvalue weighted by Gasteiger charge is 2.25. The van der Waals surface area contributed by atoms with Crippen molar-refractivity contribution in [3.05, 3.63) is 29.6 Å². The third-order valence-corrected chi connectivity index (χ3v) is 2.54. The van der Waals surface area contributed by atoms with Crippen molar-refractivity contribution in [1.82, 2.24) is 5.32 Å². The Morgan fingerprint density at radius 3 is 2.70 bits per heavy atom. The lowest BCUT2D eigenvalue weighted by Crippen LogP contribution is -2.34. The number of carboxylic acids is 1. The van der Waals surface area contributed by atoms with Gasteiger partial charge >= 0.3 is 12.1 Å². The normalized spacial score (nSPS) is 11.7. The minimum Gasteiger partial charge on any atom is -0.508 e. The van der Waals surface area contributed by atoms with Crippen LogP contribution in [-0.2, 0) is 9.53 Å². The number of carbonyl (C=O) groups excluding carboxylic acids is 1. The molecule has 0 spiro atoms. The summed E-state index contributed by atoms with van der Waals surface area (Å²) >= 11 is 0. The van der Waals surface area contributed by atoms with Crippen LogP contribution in [0.25, 0.3) is 0 Å². The Morgan fingerprint density at radius 1 is 1.45 bits per heavy atom. The zero-order valence-electron chi connectivity index (χ0n) is 10.9. The Balaban J connectivity index is 2.79. The number of unbranched alkanes of at least 4 members (excludes halogenated alkanes) is 1. The first-order chi connectivity index (χ1) is 9.45. The van der Waals surface area contributed by atoms with Crippen LogP contribution in [0.5, 0.6) is 5.75 Å². The first-order valence-corrected chi connectivity index (χ1v) is 6.10. The van der Waals surface area contributed by atoms with E-state index >= 15 is 0 Å². The van der Waals surface area contributed by atoms with Crippen LogP contribution < -0.4 is 5.32 Å². The zero-order chi connectivity index (χ0) is 15.1. The summed E-state index contributed by atoms with van der Waals surface area (Å²) in [5, 5.41) is 20.2. The highest BCUT2D eigenvalue weighted by molar-refractivity contribution is 5.81. The summed E-state index contributed by atoms with van der Waals surface area (Å²) in [6, 6.07) is 1.42. The van der Waals surface area contributed by atoms with E-state index in [4.69, 9.17) is 14.9 Å². The van der Waals surface area contributed by atoms with Gasteiger partial charge in [0, 0.05) is 11.6 Å². The summed E-state index contributed by atoms with van der Waals surface area (Å²) < 4.78 is 18.4. The first kappa shape index (κ1) is 15.7. The molecule has 0 aliphatic carbocycles. The smallest absolute Gasteiger partial charge is 0.408 e. The number of phenolic OH excluding ortho intramolecular Hbond substituents is 1. The van der Waals surface area contributed by atoms with Gasteiger partial charge in [0.1, 0.15) is 11.6 Å². The van der Waals surface area contributed by atoms with E-state index in [1.165, 1.54) is 0 Å². The van der Waals surface area contributed by atoms with E-state index < -0.39 is 23.9 Å². The topological polar surface area (TPSA) is 95.9 Å². The predicted molar refractivity (Wildman–Crippen MR) is 67.8 cm³/mol. The molecule has 3 N–H and O–H groups in total. The number of benzene rings is 1. The van der Waals surface area contributed by atoms with Gasteiger partial charge in [-0.05, 0) is 18.6 Å². The van der Waals surface area contributed by atoms with Gasteiger partial charge in [0.2, 0.25) is 0 Å². The van der Waals surface area contributed by atoms with Crippen molar-refractivity contribution in [2.45, 2.75) is 25.8 Å². The predicted octanol–water partition coefficient (Wildman–Crippen LogP) is 2.18. The molecule has 0 bridgehead atoms. The molecule has 0 saturated heterocycles. The molecule has 0 heterocycles. The second kappa shape index (κ2) is 7.32. The molecule has 0 aliphatic rings. The summed E-state index contributed by atoms with van der Waals surface area (Å²) in [6.07, 6.45) is 0.541. The van der Waals surface area contributed by atoms with Gasteiger partial charge in [0.05, 0.1) is 6.61 Å². The number of alkyl carbamates (subject to hydrolysis) is 1. The van der Waals surface area contributed by atoms with Crippen LogP contribution in [0, 0.1) is 5.82 Å². The summed E-state index contributed by atoms with van der Waals surface area (Å²) in [6.45, 7) is 2.07. The average molecular weight is 285 g/mol. The molecule has 0 aliphatic heterocycles. The largest absolute Gasteiger partial charge is 0.508 e. The van der Waals surface area contributed by atoms with E-state index in [1.54, 1.807) is 0 Å². The lowest BCUT2D eigenvalue weighted by molar-refractivity contribution is -0.139. The van der Waals surface area contributed by atoms with E-state index in [0.717, 1.165) is 24.6 Å². The van der Waals surface area contributed by atoms with E-state index in [2.05, 4.69) is 5.32 Å². The number of carboxylic acid groups (broad SMARTS) is 1. The number of phenols is 1. The molecule has 1 rings (SSSR count). The highest BCUT2D eigenvalue weighted by atomic mass is 19.1. The van der Waals surface area contributed by atoms with Crippen LogP contribution in [0.3, 0.4) is 0 Å². The molecule has 20 heavy (non-hydrogen) atoms. The molecule has 110 valence electrons.